The Balaban J connectivity index is 1.88. The second-order valence-electron chi connectivity index (χ2n) is 4.74. The van der Waals surface area contributed by atoms with Crippen molar-refractivity contribution in [2.45, 2.75) is 26.2 Å². The highest BCUT2D eigenvalue weighted by atomic mass is 16.1. The summed E-state index contributed by atoms with van der Waals surface area (Å²) in [7, 11) is 1.86. The molecular weight excluding hydrogens is 256 g/mol. The van der Waals surface area contributed by atoms with E-state index in [1.54, 1.807) is 10.9 Å². The number of nitrogens with zero attached hydrogens (tertiary/aromatic N) is 3. The Morgan fingerprint density at radius 3 is 2.95 bits per heavy atom. The molecule has 0 saturated heterocycles. The van der Waals surface area contributed by atoms with Gasteiger partial charge in [0.1, 0.15) is 0 Å². The van der Waals surface area contributed by atoms with Crippen LogP contribution in [0.1, 0.15) is 35.1 Å². The molecule has 1 amide bonds. The molecule has 2 aromatic rings. The van der Waals surface area contributed by atoms with Crippen molar-refractivity contribution in [1.82, 2.24) is 25.3 Å². The molecule has 0 aliphatic carbocycles. The molecule has 2 heterocycles. The number of carbonyl (C=O) groups excluding carboxylic acids is 1. The number of aryl methyl sites for hydroxylation is 2. The maximum absolute atomic E-state index is 12.0. The minimum atomic E-state index is -0.245. The van der Waals surface area contributed by atoms with Crippen LogP contribution in [-0.4, -0.2) is 32.4 Å². The quantitative estimate of drug-likeness (QED) is 0.721. The van der Waals surface area contributed by atoms with Crippen LogP contribution >= 0.6 is 0 Å². The fraction of sp³-hybridized carbons (Fsp3) is 0.462. The van der Waals surface area contributed by atoms with E-state index in [0.29, 0.717) is 12.2 Å². The molecule has 7 heteroatoms. The highest BCUT2D eigenvalue weighted by Crippen LogP contribution is 2.15. The van der Waals surface area contributed by atoms with Crippen LogP contribution in [-0.2, 0) is 19.9 Å². The van der Waals surface area contributed by atoms with Crippen LogP contribution < -0.4 is 11.1 Å². The lowest BCUT2D eigenvalue weighted by atomic mass is 10.2. The Labute approximate surface area is 117 Å². The number of carbonyl (C=O) groups is 1. The predicted molar refractivity (Wildman–Crippen MR) is 76.2 cm³/mol. The van der Waals surface area contributed by atoms with Crippen LogP contribution in [0.2, 0.25) is 0 Å². The normalized spacial score (nSPS) is 10.7. The zero-order valence-corrected chi connectivity index (χ0v) is 11.8. The van der Waals surface area contributed by atoms with Crippen molar-refractivity contribution in [3.05, 3.63) is 29.3 Å². The van der Waals surface area contributed by atoms with Gasteiger partial charge in [-0.05, 0) is 18.4 Å². The summed E-state index contributed by atoms with van der Waals surface area (Å²) in [6.07, 6.45) is 6.19. The molecule has 2 aromatic heterocycles. The van der Waals surface area contributed by atoms with E-state index in [4.69, 9.17) is 5.73 Å². The van der Waals surface area contributed by atoms with Gasteiger partial charge in [0.15, 0.2) is 5.69 Å². The lowest BCUT2D eigenvalue weighted by Crippen LogP contribution is -2.26. The third-order valence-electron chi connectivity index (χ3n) is 3.06. The Hall–Kier alpha value is -2.31. The van der Waals surface area contributed by atoms with Gasteiger partial charge in [-0.2, -0.15) is 10.2 Å². The van der Waals surface area contributed by atoms with Crippen LogP contribution in [0.15, 0.2) is 12.4 Å². The fourth-order valence-corrected chi connectivity index (χ4v) is 2.01. The topological polar surface area (TPSA) is 102 Å². The average Bonchev–Trinajstić information content (AvgIpc) is 2.98. The number of nitrogens with two attached hydrogens (primary N) is 1. The van der Waals surface area contributed by atoms with Gasteiger partial charge in [0.25, 0.3) is 5.91 Å². The summed E-state index contributed by atoms with van der Waals surface area (Å²) < 4.78 is 1.74. The third-order valence-corrected chi connectivity index (χ3v) is 3.06. The van der Waals surface area contributed by atoms with Crippen molar-refractivity contribution in [3.63, 3.8) is 0 Å². The molecule has 7 nitrogen and oxygen atoms in total. The lowest BCUT2D eigenvalue weighted by molar-refractivity contribution is 0.0950. The molecule has 0 aromatic carbocycles. The Morgan fingerprint density at radius 1 is 1.50 bits per heavy atom. The lowest BCUT2D eigenvalue weighted by Gasteiger charge is -2.02. The number of aromatic nitrogens is 4. The minimum absolute atomic E-state index is 0.245. The van der Waals surface area contributed by atoms with Gasteiger partial charge < -0.3 is 11.1 Å². The maximum atomic E-state index is 12.0. The molecule has 0 unspecified atom stereocenters. The first kappa shape index (κ1) is 14.1. The van der Waals surface area contributed by atoms with Crippen molar-refractivity contribution in [2.75, 3.05) is 12.3 Å². The van der Waals surface area contributed by atoms with E-state index >= 15 is 0 Å². The SMILES string of the molecule is CCCc1[nH]nc(C(=O)NCCc2cnn(C)c2)c1N. The first-order valence-corrected chi connectivity index (χ1v) is 6.70. The highest BCUT2D eigenvalue weighted by molar-refractivity contribution is 5.97. The van der Waals surface area contributed by atoms with Gasteiger partial charge in [-0.15, -0.1) is 0 Å². The van der Waals surface area contributed by atoms with Gasteiger partial charge >= 0.3 is 0 Å². The average molecular weight is 276 g/mol. The van der Waals surface area contributed by atoms with Gasteiger partial charge in [-0.1, -0.05) is 13.3 Å². The molecule has 20 heavy (non-hydrogen) atoms. The van der Waals surface area contributed by atoms with E-state index in [1.807, 2.05) is 20.2 Å². The molecule has 0 saturated carbocycles. The molecule has 2 rings (SSSR count). The summed E-state index contributed by atoms with van der Waals surface area (Å²) in [5.41, 5.74) is 8.54. The molecule has 0 aliphatic rings. The zero-order chi connectivity index (χ0) is 14.5. The predicted octanol–water partition coefficient (Wildman–Crippen LogP) is 0.650. The van der Waals surface area contributed by atoms with Crippen LogP contribution in [0.3, 0.4) is 0 Å². The highest BCUT2D eigenvalue weighted by Gasteiger charge is 2.16. The number of H-pyrrole nitrogens is 1. The smallest absolute Gasteiger partial charge is 0.273 e. The largest absolute Gasteiger partial charge is 0.395 e. The summed E-state index contributed by atoms with van der Waals surface area (Å²) in [5.74, 6) is -0.245. The zero-order valence-electron chi connectivity index (χ0n) is 11.8. The number of rotatable bonds is 6. The molecule has 0 aliphatic heterocycles. The summed E-state index contributed by atoms with van der Waals surface area (Å²) in [6, 6.07) is 0. The molecule has 0 atom stereocenters. The summed E-state index contributed by atoms with van der Waals surface area (Å²) in [6.45, 7) is 2.58. The van der Waals surface area contributed by atoms with Crippen molar-refractivity contribution >= 4 is 11.6 Å². The molecule has 0 spiro atoms. The number of amides is 1. The molecule has 0 radical (unpaired) electrons. The van der Waals surface area contributed by atoms with Gasteiger partial charge in [0.2, 0.25) is 0 Å². The van der Waals surface area contributed by atoms with E-state index in [-0.39, 0.29) is 11.6 Å². The van der Waals surface area contributed by atoms with Gasteiger partial charge in [0.05, 0.1) is 17.6 Å². The fourth-order valence-electron chi connectivity index (χ4n) is 2.01. The van der Waals surface area contributed by atoms with E-state index in [0.717, 1.165) is 30.5 Å². The molecule has 0 fully saturated rings. The summed E-state index contributed by atoms with van der Waals surface area (Å²) >= 11 is 0. The van der Waals surface area contributed by atoms with Crippen molar-refractivity contribution in [2.24, 2.45) is 7.05 Å². The van der Waals surface area contributed by atoms with Gasteiger partial charge in [0, 0.05) is 19.8 Å². The second-order valence-corrected chi connectivity index (χ2v) is 4.74. The summed E-state index contributed by atoms with van der Waals surface area (Å²) in [5, 5.41) is 13.7. The van der Waals surface area contributed by atoms with Gasteiger partial charge in [-0.25, -0.2) is 0 Å². The second kappa shape index (κ2) is 6.23. The summed E-state index contributed by atoms with van der Waals surface area (Å²) in [4.78, 5) is 12.0. The monoisotopic (exact) mass is 276 g/mol. The van der Waals surface area contributed by atoms with Gasteiger partial charge in [-0.3, -0.25) is 14.6 Å². The standard InChI is InChI=1S/C13H20N6O/c1-3-4-10-11(14)12(18-17-10)13(20)15-6-5-9-7-16-19(2)8-9/h7-8H,3-6,14H2,1-2H3,(H,15,20)(H,17,18). The number of nitrogen functional groups attached to an aromatic ring is 1. The molecular formula is C13H20N6O. The molecule has 108 valence electrons. The van der Waals surface area contributed by atoms with Crippen molar-refractivity contribution in [3.8, 4) is 0 Å². The number of hydrogen-bond donors (Lipinski definition) is 3. The van der Waals surface area contributed by atoms with Crippen LogP contribution in [0.25, 0.3) is 0 Å². The van der Waals surface area contributed by atoms with E-state index in [9.17, 15) is 4.79 Å². The first-order valence-electron chi connectivity index (χ1n) is 6.70. The minimum Gasteiger partial charge on any atom is -0.395 e. The Bertz CT molecular complexity index is 585. The number of aromatic amines is 1. The first-order chi connectivity index (χ1) is 9.61. The van der Waals surface area contributed by atoms with Crippen LogP contribution in [0, 0.1) is 0 Å². The van der Waals surface area contributed by atoms with E-state index < -0.39 is 0 Å². The number of anilines is 1. The molecule has 4 N–H and O–H groups in total. The number of hydrogen-bond acceptors (Lipinski definition) is 4. The van der Waals surface area contributed by atoms with E-state index in [2.05, 4.69) is 20.6 Å². The Morgan fingerprint density at radius 2 is 2.30 bits per heavy atom. The third kappa shape index (κ3) is 3.17. The van der Waals surface area contributed by atoms with Crippen LogP contribution in [0.4, 0.5) is 5.69 Å². The van der Waals surface area contributed by atoms with Crippen molar-refractivity contribution < 1.29 is 4.79 Å². The van der Waals surface area contributed by atoms with E-state index in [1.165, 1.54) is 0 Å². The number of nitrogens with one attached hydrogen (secondary N) is 2. The van der Waals surface area contributed by atoms with Crippen molar-refractivity contribution in [1.29, 1.82) is 0 Å². The van der Waals surface area contributed by atoms with Crippen LogP contribution in [0.5, 0.6) is 0 Å². The Kier molecular flexibility index (Phi) is 4.39. The maximum Gasteiger partial charge on any atom is 0.273 e. The molecule has 0 bridgehead atoms.